The van der Waals surface area contributed by atoms with Crippen LogP contribution in [0.5, 0.6) is 5.75 Å². The van der Waals surface area contributed by atoms with E-state index in [2.05, 4.69) is 12.1 Å². The van der Waals surface area contributed by atoms with E-state index < -0.39 is 5.97 Å². The normalized spacial score (nSPS) is 10.8. The van der Waals surface area contributed by atoms with Gasteiger partial charge in [0.2, 0.25) is 0 Å². The molecule has 0 aromatic heterocycles. The molecule has 5 heteroatoms. The summed E-state index contributed by atoms with van der Waals surface area (Å²) in [5, 5.41) is 8.88. The molecule has 0 radical (unpaired) electrons. The van der Waals surface area contributed by atoms with Crippen LogP contribution in [0.1, 0.15) is 21.5 Å². The van der Waals surface area contributed by atoms with E-state index >= 15 is 0 Å². The van der Waals surface area contributed by atoms with Gasteiger partial charge in [0, 0.05) is 16.2 Å². The van der Waals surface area contributed by atoms with Gasteiger partial charge in [-0.2, -0.15) is 0 Å². The molecule has 0 unspecified atom stereocenters. The fourth-order valence-electron chi connectivity index (χ4n) is 2.79. The smallest absolute Gasteiger partial charge is 0.307 e. The van der Waals surface area contributed by atoms with Crippen molar-refractivity contribution < 1.29 is 19.4 Å². The van der Waals surface area contributed by atoms with Crippen LogP contribution in [0, 0.1) is 0 Å². The number of carboxylic acid groups (broad SMARTS) is 1. The van der Waals surface area contributed by atoms with E-state index in [1.807, 2.05) is 42.5 Å². The molecule has 0 fully saturated rings. The molecule has 3 aromatic carbocycles. The van der Waals surface area contributed by atoms with E-state index in [9.17, 15) is 9.59 Å². The first-order valence-electron chi connectivity index (χ1n) is 9.54. The Morgan fingerprint density at radius 2 is 1.70 bits per heavy atom. The lowest BCUT2D eigenvalue weighted by atomic mass is 10.0. The topological polar surface area (TPSA) is 63.6 Å². The lowest BCUT2D eigenvalue weighted by Gasteiger charge is -2.06. The van der Waals surface area contributed by atoms with Gasteiger partial charge in [0.15, 0.2) is 5.78 Å². The van der Waals surface area contributed by atoms with Crippen molar-refractivity contribution in [2.75, 3.05) is 12.4 Å². The van der Waals surface area contributed by atoms with E-state index in [1.54, 1.807) is 42.1 Å². The maximum Gasteiger partial charge on any atom is 0.307 e. The molecule has 1 N–H and O–H groups in total. The largest absolute Gasteiger partial charge is 0.493 e. The molecule has 4 nitrogen and oxygen atoms in total. The first kappa shape index (κ1) is 21.4. The average Bonchev–Trinajstić information content (AvgIpc) is 2.76. The first-order chi connectivity index (χ1) is 14.6. The van der Waals surface area contributed by atoms with E-state index in [-0.39, 0.29) is 12.2 Å². The summed E-state index contributed by atoms with van der Waals surface area (Å²) in [6.45, 7) is 0.611. The molecular weight excluding hydrogens is 396 g/mol. The van der Waals surface area contributed by atoms with Crippen molar-refractivity contribution in [1.29, 1.82) is 0 Å². The van der Waals surface area contributed by atoms with Crippen molar-refractivity contribution in [3.63, 3.8) is 0 Å². The molecule has 0 saturated heterocycles. The summed E-state index contributed by atoms with van der Waals surface area (Å²) in [6, 6.07) is 24.4. The molecule has 0 saturated carbocycles. The van der Waals surface area contributed by atoms with Crippen LogP contribution in [0.4, 0.5) is 0 Å². The fraction of sp³-hybridized carbons (Fsp3) is 0.120. The van der Waals surface area contributed by atoms with E-state index in [1.165, 1.54) is 11.0 Å². The molecule has 0 aliphatic heterocycles. The number of hydrogen-bond donors (Lipinski definition) is 1. The number of carbonyl (C=O) groups excluding carboxylic acids is 1. The summed E-state index contributed by atoms with van der Waals surface area (Å²) < 4.78 is 5.76. The summed E-state index contributed by atoms with van der Waals surface area (Å²) in [7, 11) is 0. The van der Waals surface area contributed by atoms with Crippen LogP contribution in [0.25, 0.3) is 6.08 Å². The van der Waals surface area contributed by atoms with Crippen LogP contribution in [-0.2, 0) is 11.2 Å². The average molecular weight is 419 g/mol. The van der Waals surface area contributed by atoms with Crippen LogP contribution in [0.2, 0.25) is 0 Å². The lowest BCUT2D eigenvalue weighted by Crippen LogP contribution is -2.02. The second-order valence-corrected chi connectivity index (χ2v) is 7.72. The van der Waals surface area contributed by atoms with Crippen molar-refractivity contribution in [2.45, 2.75) is 11.3 Å². The standard InChI is InChI=1S/C25H22O4S/c26-24(21-6-4-5-20(17-21)18-25(27)28)14-11-19-9-12-22(13-10-19)29-15-16-30-23-7-2-1-3-8-23/h1-14,17H,15-16,18H2,(H,27,28). The monoisotopic (exact) mass is 418 g/mol. The zero-order valence-corrected chi connectivity index (χ0v) is 17.2. The van der Waals surface area contributed by atoms with Gasteiger partial charge in [0.25, 0.3) is 0 Å². The molecule has 0 atom stereocenters. The number of allylic oxidation sites excluding steroid dienone is 1. The zero-order valence-electron chi connectivity index (χ0n) is 16.4. The van der Waals surface area contributed by atoms with E-state index in [0.717, 1.165) is 17.1 Å². The van der Waals surface area contributed by atoms with Gasteiger partial charge < -0.3 is 9.84 Å². The highest BCUT2D eigenvalue weighted by Gasteiger charge is 2.05. The second-order valence-electron chi connectivity index (χ2n) is 6.55. The summed E-state index contributed by atoms with van der Waals surface area (Å²) in [6.07, 6.45) is 3.13. The van der Waals surface area contributed by atoms with Crippen LogP contribution in [0.3, 0.4) is 0 Å². The Kier molecular flexibility index (Phi) is 7.86. The van der Waals surface area contributed by atoms with Gasteiger partial charge in [0.1, 0.15) is 5.75 Å². The van der Waals surface area contributed by atoms with Crippen LogP contribution in [-0.4, -0.2) is 29.2 Å². The van der Waals surface area contributed by atoms with Crippen molar-refractivity contribution in [3.05, 3.63) is 102 Å². The maximum atomic E-state index is 12.4. The maximum absolute atomic E-state index is 12.4. The SMILES string of the molecule is O=C(O)Cc1cccc(C(=O)C=Cc2ccc(OCCSc3ccccc3)cc2)c1. The minimum Gasteiger partial charge on any atom is -0.493 e. The Hall–Kier alpha value is -3.31. The van der Waals surface area contributed by atoms with Gasteiger partial charge >= 0.3 is 5.97 Å². The van der Waals surface area contributed by atoms with E-state index in [4.69, 9.17) is 9.84 Å². The molecule has 3 rings (SSSR count). The number of ether oxygens (including phenoxy) is 1. The third-order valence-electron chi connectivity index (χ3n) is 4.24. The fourth-order valence-corrected chi connectivity index (χ4v) is 3.54. The number of aliphatic carboxylic acids is 1. The molecule has 152 valence electrons. The Balaban J connectivity index is 1.49. The molecule has 0 bridgehead atoms. The Bertz CT molecular complexity index is 1010. The quantitative estimate of drug-likeness (QED) is 0.207. The highest BCUT2D eigenvalue weighted by Crippen LogP contribution is 2.18. The molecule has 0 aliphatic rings. The van der Waals surface area contributed by atoms with Gasteiger partial charge in [-0.1, -0.05) is 54.6 Å². The number of ketones is 1. The van der Waals surface area contributed by atoms with Gasteiger partial charge in [0.05, 0.1) is 13.0 Å². The first-order valence-corrected chi connectivity index (χ1v) is 10.5. The third kappa shape index (κ3) is 6.94. The predicted octanol–water partition coefficient (Wildman–Crippen LogP) is 5.38. The lowest BCUT2D eigenvalue weighted by molar-refractivity contribution is -0.136. The zero-order chi connectivity index (χ0) is 21.2. The number of hydrogen-bond acceptors (Lipinski definition) is 4. The minimum absolute atomic E-state index is 0.101. The third-order valence-corrected chi connectivity index (χ3v) is 5.21. The predicted molar refractivity (Wildman–Crippen MR) is 120 cm³/mol. The van der Waals surface area contributed by atoms with Crippen LogP contribution in [0.15, 0.2) is 89.8 Å². The van der Waals surface area contributed by atoms with Gasteiger partial charge in [-0.05, 0) is 47.5 Å². The van der Waals surface area contributed by atoms with E-state index in [0.29, 0.717) is 17.7 Å². The molecule has 30 heavy (non-hydrogen) atoms. The van der Waals surface area contributed by atoms with Crippen molar-refractivity contribution >= 4 is 29.6 Å². The Morgan fingerprint density at radius 1 is 0.933 bits per heavy atom. The summed E-state index contributed by atoms with van der Waals surface area (Å²) in [4.78, 5) is 24.4. The van der Waals surface area contributed by atoms with Crippen molar-refractivity contribution in [1.82, 2.24) is 0 Å². The number of carboxylic acids is 1. The van der Waals surface area contributed by atoms with Gasteiger partial charge in [-0.3, -0.25) is 9.59 Å². The molecule has 3 aromatic rings. The molecule has 0 spiro atoms. The summed E-state index contributed by atoms with van der Waals surface area (Å²) >= 11 is 1.75. The summed E-state index contributed by atoms with van der Waals surface area (Å²) in [5.74, 6) is 0.561. The van der Waals surface area contributed by atoms with Crippen LogP contribution >= 0.6 is 11.8 Å². The van der Waals surface area contributed by atoms with Gasteiger partial charge in [-0.25, -0.2) is 0 Å². The number of carbonyl (C=O) groups is 2. The Labute approximate surface area is 180 Å². The Morgan fingerprint density at radius 3 is 2.43 bits per heavy atom. The van der Waals surface area contributed by atoms with Gasteiger partial charge in [-0.15, -0.1) is 11.8 Å². The molecular formula is C25H22O4S. The molecule has 0 heterocycles. The number of thioether (sulfide) groups is 1. The van der Waals surface area contributed by atoms with Crippen LogP contribution < -0.4 is 4.74 Å². The minimum atomic E-state index is -0.920. The highest BCUT2D eigenvalue weighted by molar-refractivity contribution is 7.99. The molecule has 0 aliphatic carbocycles. The van der Waals surface area contributed by atoms with Crippen molar-refractivity contribution in [2.24, 2.45) is 0 Å². The summed E-state index contributed by atoms with van der Waals surface area (Å²) in [5.41, 5.74) is 1.96. The molecule has 0 amide bonds. The number of benzene rings is 3. The van der Waals surface area contributed by atoms with Crippen molar-refractivity contribution in [3.8, 4) is 5.75 Å². The highest BCUT2D eigenvalue weighted by atomic mass is 32.2. The number of rotatable bonds is 10. The second kappa shape index (κ2) is 11.0.